The summed E-state index contributed by atoms with van der Waals surface area (Å²) in [5.74, 6) is 0. The topological polar surface area (TPSA) is 54.0 Å². The number of rotatable bonds is 10. The molecule has 0 bridgehead atoms. The Labute approximate surface area is 104 Å². The molecule has 1 fully saturated rings. The Bertz CT molecular complexity index is 175. The summed E-state index contributed by atoms with van der Waals surface area (Å²) >= 11 is 0. The lowest BCUT2D eigenvalue weighted by atomic mass is 10.3. The molecule has 2 N–H and O–H groups in total. The zero-order valence-electron chi connectivity index (χ0n) is 10.9. The van der Waals surface area contributed by atoms with Crippen molar-refractivity contribution in [2.75, 3.05) is 59.7 Å². The second-order valence-electron chi connectivity index (χ2n) is 4.47. The highest BCUT2D eigenvalue weighted by molar-refractivity contribution is 4.67. The van der Waals surface area contributed by atoms with Crippen LogP contribution in [0.2, 0.25) is 0 Å². The molecule has 1 unspecified atom stereocenters. The van der Waals surface area contributed by atoms with Crippen molar-refractivity contribution in [1.29, 1.82) is 0 Å². The van der Waals surface area contributed by atoms with Crippen LogP contribution in [0.4, 0.5) is 0 Å². The van der Waals surface area contributed by atoms with Gasteiger partial charge in [-0.3, -0.25) is 0 Å². The zero-order valence-corrected chi connectivity index (χ0v) is 10.9. The van der Waals surface area contributed by atoms with E-state index in [1.807, 2.05) is 0 Å². The monoisotopic (exact) mass is 246 g/mol. The summed E-state index contributed by atoms with van der Waals surface area (Å²) in [6.45, 7) is 6.57. The number of hydrogen-bond donors (Lipinski definition) is 2. The molecule has 1 rings (SSSR count). The normalized spacial score (nSPS) is 18.7. The van der Waals surface area contributed by atoms with Gasteiger partial charge in [-0.05, 0) is 25.9 Å². The van der Waals surface area contributed by atoms with Crippen molar-refractivity contribution in [2.45, 2.75) is 18.9 Å². The van der Waals surface area contributed by atoms with Crippen LogP contribution in [-0.4, -0.2) is 75.8 Å². The van der Waals surface area contributed by atoms with Crippen LogP contribution in [0.15, 0.2) is 0 Å². The molecule has 0 aromatic rings. The smallest absolute Gasteiger partial charge is 0.0897 e. The van der Waals surface area contributed by atoms with Gasteiger partial charge >= 0.3 is 0 Å². The van der Waals surface area contributed by atoms with Gasteiger partial charge in [0.2, 0.25) is 0 Å². The molecule has 5 heteroatoms. The van der Waals surface area contributed by atoms with Crippen LogP contribution in [0.5, 0.6) is 0 Å². The largest absolute Gasteiger partial charge is 0.389 e. The van der Waals surface area contributed by atoms with E-state index >= 15 is 0 Å². The van der Waals surface area contributed by atoms with Gasteiger partial charge in [0.1, 0.15) is 0 Å². The van der Waals surface area contributed by atoms with Gasteiger partial charge in [0, 0.05) is 26.7 Å². The molecule has 0 amide bonds. The Kier molecular flexibility index (Phi) is 8.56. The SMILES string of the molecule is COCCOCC(O)CNCCN1CCCC1. The summed E-state index contributed by atoms with van der Waals surface area (Å²) in [7, 11) is 1.64. The van der Waals surface area contributed by atoms with Crippen molar-refractivity contribution >= 4 is 0 Å². The molecule has 1 heterocycles. The molecule has 0 aromatic heterocycles. The molecule has 1 aliphatic rings. The molecule has 102 valence electrons. The van der Waals surface area contributed by atoms with Gasteiger partial charge in [-0.15, -0.1) is 0 Å². The lowest BCUT2D eigenvalue weighted by Crippen LogP contribution is -2.36. The van der Waals surface area contributed by atoms with Crippen molar-refractivity contribution in [3.05, 3.63) is 0 Å². The summed E-state index contributed by atoms with van der Waals surface area (Å²) in [5, 5.41) is 12.8. The van der Waals surface area contributed by atoms with Crippen LogP contribution in [0.3, 0.4) is 0 Å². The Morgan fingerprint density at radius 1 is 1.29 bits per heavy atom. The first kappa shape index (κ1) is 14.9. The van der Waals surface area contributed by atoms with Gasteiger partial charge in [-0.25, -0.2) is 0 Å². The van der Waals surface area contributed by atoms with Gasteiger partial charge in [-0.2, -0.15) is 0 Å². The van der Waals surface area contributed by atoms with E-state index in [9.17, 15) is 5.11 Å². The lowest BCUT2D eigenvalue weighted by Gasteiger charge is -2.16. The number of likely N-dealkylation sites (tertiary alicyclic amines) is 1. The average Bonchev–Trinajstić information content (AvgIpc) is 2.83. The summed E-state index contributed by atoms with van der Waals surface area (Å²) in [4.78, 5) is 2.45. The van der Waals surface area contributed by atoms with Crippen LogP contribution in [0, 0.1) is 0 Å². The maximum Gasteiger partial charge on any atom is 0.0897 e. The Morgan fingerprint density at radius 2 is 2.06 bits per heavy atom. The quantitative estimate of drug-likeness (QED) is 0.518. The third-order valence-corrected chi connectivity index (χ3v) is 2.93. The van der Waals surface area contributed by atoms with E-state index in [1.165, 1.54) is 25.9 Å². The van der Waals surface area contributed by atoms with Gasteiger partial charge in [0.25, 0.3) is 0 Å². The van der Waals surface area contributed by atoms with Crippen LogP contribution in [-0.2, 0) is 9.47 Å². The van der Waals surface area contributed by atoms with Crippen LogP contribution < -0.4 is 5.32 Å². The van der Waals surface area contributed by atoms with Gasteiger partial charge in [0.05, 0.1) is 25.9 Å². The van der Waals surface area contributed by atoms with Crippen molar-refractivity contribution < 1.29 is 14.6 Å². The summed E-state index contributed by atoms with van der Waals surface area (Å²) in [6, 6.07) is 0. The number of aliphatic hydroxyl groups is 1. The van der Waals surface area contributed by atoms with Gasteiger partial charge < -0.3 is 24.8 Å². The van der Waals surface area contributed by atoms with Crippen LogP contribution in [0.1, 0.15) is 12.8 Å². The van der Waals surface area contributed by atoms with E-state index in [4.69, 9.17) is 9.47 Å². The van der Waals surface area contributed by atoms with E-state index in [0.717, 1.165) is 13.1 Å². The Morgan fingerprint density at radius 3 is 2.76 bits per heavy atom. The minimum Gasteiger partial charge on any atom is -0.389 e. The molecule has 0 saturated carbocycles. The minimum atomic E-state index is -0.426. The third kappa shape index (κ3) is 7.68. The Hall–Kier alpha value is -0.200. The van der Waals surface area contributed by atoms with Crippen molar-refractivity contribution in [3.63, 3.8) is 0 Å². The van der Waals surface area contributed by atoms with E-state index in [0.29, 0.717) is 26.4 Å². The molecule has 17 heavy (non-hydrogen) atoms. The Balaban J connectivity index is 1.84. The van der Waals surface area contributed by atoms with Crippen LogP contribution >= 0.6 is 0 Å². The molecule has 0 radical (unpaired) electrons. The predicted octanol–water partition coefficient (Wildman–Crippen LogP) is -0.304. The second kappa shape index (κ2) is 9.79. The molecule has 1 atom stereocenters. The molecule has 1 aliphatic heterocycles. The molecule has 1 saturated heterocycles. The summed E-state index contributed by atoms with van der Waals surface area (Å²) in [5.41, 5.74) is 0. The summed E-state index contributed by atoms with van der Waals surface area (Å²) < 4.78 is 10.1. The average molecular weight is 246 g/mol. The van der Waals surface area contributed by atoms with Crippen molar-refractivity contribution in [3.8, 4) is 0 Å². The van der Waals surface area contributed by atoms with E-state index in [1.54, 1.807) is 7.11 Å². The highest BCUT2D eigenvalue weighted by Gasteiger charge is 2.10. The predicted molar refractivity (Wildman–Crippen MR) is 67.2 cm³/mol. The van der Waals surface area contributed by atoms with Crippen molar-refractivity contribution in [1.82, 2.24) is 10.2 Å². The minimum absolute atomic E-state index is 0.375. The lowest BCUT2D eigenvalue weighted by molar-refractivity contribution is 0.0137. The molecular formula is C12H26N2O3. The molecule has 0 spiro atoms. The number of aliphatic hydroxyl groups excluding tert-OH is 1. The molecule has 0 aromatic carbocycles. The van der Waals surface area contributed by atoms with Gasteiger partial charge in [-0.1, -0.05) is 0 Å². The maximum atomic E-state index is 9.60. The number of nitrogens with zero attached hydrogens (tertiary/aromatic N) is 1. The fraction of sp³-hybridized carbons (Fsp3) is 1.00. The fourth-order valence-electron chi connectivity index (χ4n) is 1.93. The first-order valence-corrected chi connectivity index (χ1v) is 6.50. The zero-order chi connectivity index (χ0) is 12.3. The van der Waals surface area contributed by atoms with E-state index in [2.05, 4.69) is 10.2 Å². The first-order valence-electron chi connectivity index (χ1n) is 6.50. The van der Waals surface area contributed by atoms with Gasteiger partial charge in [0.15, 0.2) is 0 Å². The standard InChI is InChI=1S/C12H26N2O3/c1-16-8-9-17-11-12(15)10-13-4-7-14-5-2-3-6-14/h12-13,15H,2-11H2,1H3. The summed E-state index contributed by atoms with van der Waals surface area (Å²) in [6.07, 6.45) is 2.23. The second-order valence-corrected chi connectivity index (χ2v) is 4.47. The number of ether oxygens (including phenoxy) is 2. The number of methoxy groups -OCH3 is 1. The highest BCUT2D eigenvalue weighted by atomic mass is 16.5. The molecular weight excluding hydrogens is 220 g/mol. The number of hydrogen-bond acceptors (Lipinski definition) is 5. The molecule has 0 aliphatic carbocycles. The highest BCUT2D eigenvalue weighted by Crippen LogP contribution is 2.05. The van der Waals surface area contributed by atoms with E-state index < -0.39 is 6.10 Å². The van der Waals surface area contributed by atoms with Crippen molar-refractivity contribution in [2.24, 2.45) is 0 Å². The number of nitrogens with one attached hydrogen (secondary N) is 1. The van der Waals surface area contributed by atoms with E-state index in [-0.39, 0.29) is 0 Å². The fourth-order valence-corrected chi connectivity index (χ4v) is 1.93. The first-order chi connectivity index (χ1) is 8.33. The van der Waals surface area contributed by atoms with Crippen LogP contribution in [0.25, 0.3) is 0 Å². The molecule has 5 nitrogen and oxygen atoms in total. The maximum absolute atomic E-state index is 9.60. The third-order valence-electron chi connectivity index (χ3n) is 2.93.